The zero-order valence-corrected chi connectivity index (χ0v) is 20.0. The molecule has 0 saturated heterocycles. The van der Waals surface area contributed by atoms with Crippen LogP contribution in [0, 0.1) is 0 Å². The maximum Gasteiger partial charge on any atom is 0.332 e. The van der Waals surface area contributed by atoms with Crippen molar-refractivity contribution < 1.29 is 33.2 Å². The number of rotatable bonds is 20. The van der Waals surface area contributed by atoms with Gasteiger partial charge in [0.05, 0.1) is 52.9 Å². The minimum atomic E-state index is -0.487. The Morgan fingerprint density at radius 1 is 0.643 bits per heavy atom. The van der Waals surface area contributed by atoms with Crippen LogP contribution in [-0.4, -0.2) is 82.1 Å². The van der Waals surface area contributed by atoms with Crippen LogP contribution >= 0.6 is 22.6 Å². The molecule has 0 bridgehead atoms. The van der Waals surface area contributed by atoms with E-state index in [2.05, 4.69) is 22.6 Å². The molecule has 0 aliphatic heterocycles. The van der Waals surface area contributed by atoms with Gasteiger partial charge in [0, 0.05) is 6.61 Å². The molecule has 0 aromatic carbocycles. The lowest BCUT2D eigenvalue weighted by molar-refractivity contribution is -0.160. The van der Waals surface area contributed by atoms with Gasteiger partial charge in [-0.05, 0) is 38.0 Å². The molecule has 0 aliphatic rings. The van der Waals surface area contributed by atoms with Gasteiger partial charge in [-0.2, -0.15) is 0 Å². The van der Waals surface area contributed by atoms with Crippen molar-refractivity contribution in [1.82, 2.24) is 0 Å². The first-order valence-electron chi connectivity index (χ1n) is 10.1. The van der Waals surface area contributed by atoms with Gasteiger partial charge in [0.25, 0.3) is 0 Å². The largest absolute Gasteiger partial charge is 0.458 e. The highest BCUT2D eigenvalue weighted by Crippen LogP contribution is 2.06. The second-order valence-corrected chi connectivity index (χ2v) is 8.27. The first kappa shape index (κ1) is 28.0. The van der Waals surface area contributed by atoms with Crippen molar-refractivity contribution in [2.45, 2.75) is 52.1 Å². The topological polar surface area (TPSA) is 72.5 Å². The SMILES string of the molecule is CC(C)(C)OC(=O)COCCOCCOCCOCCOCCCCCCI. The highest BCUT2D eigenvalue weighted by Gasteiger charge is 2.15. The number of ether oxygens (including phenoxy) is 6. The zero-order chi connectivity index (χ0) is 20.9. The van der Waals surface area contributed by atoms with Gasteiger partial charge in [0.2, 0.25) is 0 Å². The molecule has 0 aliphatic carbocycles. The molecule has 8 heteroatoms. The Bertz CT molecular complexity index is 348. The van der Waals surface area contributed by atoms with Crippen LogP contribution in [0.15, 0.2) is 0 Å². The van der Waals surface area contributed by atoms with Crippen molar-refractivity contribution in [3.05, 3.63) is 0 Å². The molecule has 0 rings (SSSR count). The summed E-state index contributed by atoms with van der Waals surface area (Å²) in [5.41, 5.74) is -0.487. The van der Waals surface area contributed by atoms with Crippen molar-refractivity contribution >= 4 is 28.6 Å². The molecule has 0 spiro atoms. The number of esters is 1. The standard InChI is InChI=1S/C20H39IO7/c1-20(2,3)28-19(22)18-27-17-16-26-15-14-25-13-12-24-11-10-23-9-7-5-4-6-8-21/h4-18H2,1-3H3. The van der Waals surface area contributed by atoms with E-state index in [0.29, 0.717) is 52.9 Å². The first-order valence-corrected chi connectivity index (χ1v) is 11.6. The maximum atomic E-state index is 11.4. The second kappa shape index (κ2) is 20.3. The second-order valence-electron chi connectivity index (χ2n) is 7.19. The van der Waals surface area contributed by atoms with E-state index < -0.39 is 5.60 Å². The van der Waals surface area contributed by atoms with Crippen LogP contribution in [0.4, 0.5) is 0 Å². The Morgan fingerprint density at radius 2 is 1.07 bits per heavy atom. The summed E-state index contributed by atoms with van der Waals surface area (Å²) in [6.07, 6.45) is 4.97. The smallest absolute Gasteiger partial charge is 0.332 e. The van der Waals surface area contributed by atoms with E-state index in [4.69, 9.17) is 28.4 Å². The van der Waals surface area contributed by atoms with Crippen LogP contribution in [0.1, 0.15) is 46.5 Å². The predicted molar refractivity (Wildman–Crippen MR) is 117 cm³/mol. The predicted octanol–water partition coefficient (Wildman–Crippen LogP) is 3.41. The first-order chi connectivity index (χ1) is 13.5. The molecular weight excluding hydrogens is 479 g/mol. The van der Waals surface area contributed by atoms with Gasteiger partial charge in [0.15, 0.2) is 0 Å². The van der Waals surface area contributed by atoms with E-state index >= 15 is 0 Å². The molecule has 0 radical (unpaired) electrons. The summed E-state index contributed by atoms with van der Waals surface area (Å²) in [7, 11) is 0. The van der Waals surface area contributed by atoms with Gasteiger partial charge in [-0.1, -0.05) is 35.4 Å². The highest BCUT2D eigenvalue weighted by atomic mass is 127. The number of alkyl halides is 1. The average molecular weight is 518 g/mol. The normalized spacial score (nSPS) is 11.7. The molecule has 0 N–H and O–H groups in total. The number of halogens is 1. The number of unbranched alkanes of at least 4 members (excludes halogenated alkanes) is 3. The molecule has 0 saturated carbocycles. The van der Waals surface area contributed by atoms with Crippen molar-refractivity contribution in [1.29, 1.82) is 0 Å². The lowest BCUT2D eigenvalue weighted by Gasteiger charge is -2.19. The quantitative estimate of drug-likeness (QED) is 0.106. The maximum absolute atomic E-state index is 11.4. The van der Waals surface area contributed by atoms with Crippen molar-refractivity contribution in [2.75, 3.05) is 70.5 Å². The molecule has 28 heavy (non-hydrogen) atoms. The van der Waals surface area contributed by atoms with Crippen LogP contribution in [0.3, 0.4) is 0 Å². The van der Waals surface area contributed by atoms with Gasteiger partial charge < -0.3 is 28.4 Å². The number of carbonyl (C=O) groups is 1. The molecule has 7 nitrogen and oxygen atoms in total. The van der Waals surface area contributed by atoms with Crippen molar-refractivity contribution in [2.24, 2.45) is 0 Å². The van der Waals surface area contributed by atoms with Gasteiger partial charge >= 0.3 is 5.97 Å². The molecule has 0 heterocycles. The van der Waals surface area contributed by atoms with E-state index in [1.807, 2.05) is 20.8 Å². The van der Waals surface area contributed by atoms with Gasteiger partial charge in [-0.3, -0.25) is 0 Å². The van der Waals surface area contributed by atoms with Crippen LogP contribution in [-0.2, 0) is 33.2 Å². The molecule has 0 amide bonds. The molecular formula is C20H39IO7. The lowest BCUT2D eigenvalue weighted by atomic mass is 10.2. The van der Waals surface area contributed by atoms with E-state index in [1.54, 1.807) is 0 Å². The lowest BCUT2D eigenvalue weighted by Crippen LogP contribution is -2.27. The average Bonchev–Trinajstić information content (AvgIpc) is 2.62. The highest BCUT2D eigenvalue weighted by molar-refractivity contribution is 14.1. The summed E-state index contributed by atoms with van der Waals surface area (Å²) in [6, 6.07) is 0. The Morgan fingerprint density at radius 3 is 1.54 bits per heavy atom. The molecule has 0 unspecified atom stereocenters. The zero-order valence-electron chi connectivity index (χ0n) is 17.8. The number of carbonyl (C=O) groups excluding carboxylic acids is 1. The Labute approximate surface area is 184 Å². The van der Waals surface area contributed by atoms with Crippen LogP contribution in [0.5, 0.6) is 0 Å². The van der Waals surface area contributed by atoms with E-state index in [-0.39, 0.29) is 12.6 Å². The molecule has 0 aromatic heterocycles. The van der Waals surface area contributed by atoms with E-state index in [0.717, 1.165) is 13.0 Å². The third kappa shape index (κ3) is 24.0. The summed E-state index contributed by atoms with van der Waals surface area (Å²) in [5, 5.41) is 0. The van der Waals surface area contributed by atoms with Crippen LogP contribution < -0.4 is 0 Å². The van der Waals surface area contributed by atoms with E-state index in [9.17, 15) is 4.79 Å². The third-order valence-electron chi connectivity index (χ3n) is 3.30. The molecule has 168 valence electrons. The summed E-state index contributed by atoms with van der Waals surface area (Å²) >= 11 is 2.41. The minimum Gasteiger partial charge on any atom is -0.458 e. The molecule has 0 aromatic rings. The summed E-state index contributed by atoms with van der Waals surface area (Å²) in [6.45, 7) is 10.3. The van der Waals surface area contributed by atoms with Crippen LogP contribution in [0.2, 0.25) is 0 Å². The fraction of sp³-hybridized carbons (Fsp3) is 0.950. The van der Waals surface area contributed by atoms with Crippen LogP contribution in [0.25, 0.3) is 0 Å². The number of hydrogen-bond acceptors (Lipinski definition) is 7. The number of hydrogen-bond donors (Lipinski definition) is 0. The summed E-state index contributed by atoms with van der Waals surface area (Å²) in [5.74, 6) is -0.368. The Balaban J connectivity index is 3.11. The van der Waals surface area contributed by atoms with Gasteiger partial charge in [0.1, 0.15) is 12.2 Å². The van der Waals surface area contributed by atoms with Crippen molar-refractivity contribution in [3.63, 3.8) is 0 Å². The monoisotopic (exact) mass is 518 g/mol. The third-order valence-corrected chi connectivity index (χ3v) is 4.06. The summed E-state index contributed by atoms with van der Waals surface area (Å²) < 4.78 is 33.3. The Kier molecular flexibility index (Phi) is 20.3. The summed E-state index contributed by atoms with van der Waals surface area (Å²) in [4.78, 5) is 11.4. The fourth-order valence-corrected chi connectivity index (χ4v) is 2.60. The van der Waals surface area contributed by atoms with Gasteiger partial charge in [-0.15, -0.1) is 0 Å². The van der Waals surface area contributed by atoms with Gasteiger partial charge in [-0.25, -0.2) is 4.79 Å². The molecule has 0 fully saturated rings. The minimum absolute atomic E-state index is 0.0588. The van der Waals surface area contributed by atoms with Crippen molar-refractivity contribution in [3.8, 4) is 0 Å². The fourth-order valence-electron chi connectivity index (χ4n) is 2.06. The van der Waals surface area contributed by atoms with E-state index in [1.165, 1.54) is 23.7 Å². The molecule has 0 atom stereocenters. The Hall–Kier alpha value is -0.000000000000000222.